The van der Waals surface area contributed by atoms with Crippen LogP contribution in [0.4, 0.5) is 0 Å². The molecule has 2 heterocycles. The van der Waals surface area contributed by atoms with Crippen LogP contribution in [0.2, 0.25) is 0 Å². The first-order chi connectivity index (χ1) is 9.52. The molecule has 1 aromatic heterocycles. The van der Waals surface area contributed by atoms with Crippen molar-refractivity contribution in [3.8, 4) is 0 Å². The highest BCUT2D eigenvalue weighted by atomic mass is 32.2. The van der Waals surface area contributed by atoms with Crippen molar-refractivity contribution in [2.75, 3.05) is 32.4 Å². The lowest BCUT2D eigenvalue weighted by Crippen LogP contribution is -2.36. The fourth-order valence-corrected chi connectivity index (χ4v) is 3.58. The van der Waals surface area contributed by atoms with Crippen LogP contribution in [0.1, 0.15) is 30.9 Å². The van der Waals surface area contributed by atoms with Crippen LogP contribution in [-0.2, 0) is 17.1 Å². The normalized spacial score (nSPS) is 21.2. The van der Waals surface area contributed by atoms with Crippen LogP contribution in [0.3, 0.4) is 0 Å². The molecule has 1 N–H and O–H groups in total. The topological polar surface area (TPSA) is 67.2 Å². The van der Waals surface area contributed by atoms with Gasteiger partial charge in [0, 0.05) is 31.4 Å². The average Bonchev–Trinajstić information content (AvgIpc) is 2.85. The summed E-state index contributed by atoms with van der Waals surface area (Å²) >= 11 is 0. The molecule has 0 saturated carbocycles. The third kappa shape index (κ3) is 4.04. The zero-order valence-electron chi connectivity index (χ0n) is 12.2. The van der Waals surface area contributed by atoms with E-state index in [2.05, 4.69) is 20.8 Å². The van der Waals surface area contributed by atoms with Crippen molar-refractivity contribution < 1.29 is 8.42 Å². The number of likely N-dealkylation sites (tertiary alicyclic amines) is 1. The van der Waals surface area contributed by atoms with Gasteiger partial charge < -0.3 is 4.90 Å². The van der Waals surface area contributed by atoms with E-state index in [1.54, 1.807) is 0 Å². The number of nitrogens with zero attached hydrogens (tertiary/aromatic N) is 3. The molecule has 0 unspecified atom stereocenters. The van der Waals surface area contributed by atoms with Gasteiger partial charge in [-0.15, -0.1) is 0 Å². The summed E-state index contributed by atoms with van der Waals surface area (Å²) in [6.07, 6.45) is 4.87. The third-order valence-electron chi connectivity index (χ3n) is 3.98. The Morgan fingerprint density at radius 2 is 2.30 bits per heavy atom. The van der Waals surface area contributed by atoms with Crippen molar-refractivity contribution in [2.24, 2.45) is 7.05 Å². The zero-order chi connectivity index (χ0) is 14.6. The van der Waals surface area contributed by atoms with Crippen LogP contribution < -0.4 is 4.72 Å². The van der Waals surface area contributed by atoms with Gasteiger partial charge in [0.15, 0.2) is 0 Å². The molecule has 1 aliphatic heterocycles. The molecule has 114 valence electrons. The molecule has 7 heteroatoms. The molecule has 0 amide bonds. The number of hydrogen-bond acceptors (Lipinski definition) is 4. The maximum Gasteiger partial charge on any atom is 0.211 e. The number of aryl methyl sites for hydroxylation is 1. The summed E-state index contributed by atoms with van der Waals surface area (Å²) in [5.74, 6) is 0.716. The van der Waals surface area contributed by atoms with Crippen molar-refractivity contribution in [1.29, 1.82) is 0 Å². The van der Waals surface area contributed by atoms with E-state index in [1.807, 2.05) is 17.9 Å². The van der Waals surface area contributed by atoms with E-state index in [1.165, 1.54) is 19.2 Å². The first-order valence-electron chi connectivity index (χ1n) is 7.13. The van der Waals surface area contributed by atoms with Crippen LogP contribution in [0, 0.1) is 0 Å². The van der Waals surface area contributed by atoms with Gasteiger partial charge in [0.05, 0.1) is 5.75 Å². The molecule has 2 rings (SSSR count). The quantitative estimate of drug-likeness (QED) is 0.832. The van der Waals surface area contributed by atoms with Crippen LogP contribution in [-0.4, -0.2) is 55.5 Å². The molecule has 0 bridgehead atoms. The number of nitrogens with one attached hydrogen (secondary N) is 1. The van der Waals surface area contributed by atoms with Crippen molar-refractivity contribution in [3.05, 3.63) is 18.0 Å². The lowest BCUT2D eigenvalue weighted by molar-refractivity contribution is 0.205. The van der Waals surface area contributed by atoms with E-state index in [9.17, 15) is 8.42 Å². The van der Waals surface area contributed by atoms with E-state index in [0.717, 1.165) is 26.1 Å². The highest BCUT2D eigenvalue weighted by molar-refractivity contribution is 7.89. The summed E-state index contributed by atoms with van der Waals surface area (Å²) in [5.41, 5.74) is 1.28. The number of rotatable bonds is 6. The van der Waals surface area contributed by atoms with Gasteiger partial charge in [-0.3, -0.25) is 4.68 Å². The molecule has 20 heavy (non-hydrogen) atoms. The van der Waals surface area contributed by atoms with E-state index >= 15 is 0 Å². The number of piperidine rings is 1. The SMILES string of the molecule is CNS(=O)(=O)CCCN1CCC[C@H](c2ccnn2C)C1. The molecule has 1 saturated heterocycles. The highest BCUT2D eigenvalue weighted by Crippen LogP contribution is 2.26. The van der Waals surface area contributed by atoms with Gasteiger partial charge in [0.2, 0.25) is 10.0 Å². The summed E-state index contributed by atoms with van der Waals surface area (Å²) in [4.78, 5) is 2.37. The van der Waals surface area contributed by atoms with Gasteiger partial charge in [-0.05, 0) is 45.5 Å². The van der Waals surface area contributed by atoms with E-state index in [-0.39, 0.29) is 5.75 Å². The molecule has 0 spiro atoms. The van der Waals surface area contributed by atoms with Gasteiger partial charge in [-0.2, -0.15) is 5.10 Å². The van der Waals surface area contributed by atoms with Crippen molar-refractivity contribution in [2.45, 2.75) is 25.2 Å². The third-order valence-corrected chi connectivity index (χ3v) is 5.43. The fraction of sp³-hybridized carbons (Fsp3) is 0.769. The summed E-state index contributed by atoms with van der Waals surface area (Å²) in [6, 6.07) is 2.08. The minimum atomic E-state index is -3.07. The van der Waals surface area contributed by atoms with E-state index in [4.69, 9.17) is 0 Å². The Kier molecular flexibility index (Phi) is 5.17. The van der Waals surface area contributed by atoms with Gasteiger partial charge in [-0.25, -0.2) is 13.1 Å². The van der Waals surface area contributed by atoms with Gasteiger partial charge in [0.25, 0.3) is 0 Å². The smallest absolute Gasteiger partial charge is 0.211 e. The van der Waals surface area contributed by atoms with Gasteiger partial charge >= 0.3 is 0 Å². The van der Waals surface area contributed by atoms with E-state index < -0.39 is 10.0 Å². The van der Waals surface area contributed by atoms with Crippen LogP contribution in [0.25, 0.3) is 0 Å². The molecule has 1 aromatic rings. The summed E-state index contributed by atoms with van der Waals surface area (Å²) in [5, 5.41) is 4.23. The predicted molar refractivity (Wildman–Crippen MR) is 79.1 cm³/mol. The Bertz CT molecular complexity index is 526. The molecule has 0 aromatic carbocycles. The summed E-state index contributed by atoms with van der Waals surface area (Å²) in [6.45, 7) is 2.91. The monoisotopic (exact) mass is 300 g/mol. The standard InChI is InChI=1S/C13H24N4O2S/c1-14-20(18,19)10-4-9-17-8-3-5-12(11-17)13-6-7-15-16(13)2/h6-7,12,14H,3-5,8-11H2,1-2H3/t12-/m0/s1. The first kappa shape index (κ1) is 15.5. The lowest BCUT2D eigenvalue weighted by Gasteiger charge is -2.32. The maximum absolute atomic E-state index is 11.4. The molecule has 0 aliphatic carbocycles. The number of aromatic nitrogens is 2. The molecular weight excluding hydrogens is 276 g/mol. The second-order valence-electron chi connectivity index (χ2n) is 5.40. The van der Waals surface area contributed by atoms with E-state index in [0.29, 0.717) is 12.3 Å². The zero-order valence-corrected chi connectivity index (χ0v) is 13.1. The Hall–Kier alpha value is -0.920. The average molecular weight is 300 g/mol. The highest BCUT2D eigenvalue weighted by Gasteiger charge is 2.23. The van der Waals surface area contributed by atoms with Crippen molar-refractivity contribution in [3.63, 3.8) is 0 Å². The van der Waals surface area contributed by atoms with Crippen LogP contribution in [0.15, 0.2) is 12.3 Å². The summed E-state index contributed by atoms with van der Waals surface area (Å²) in [7, 11) is 0.372. The minimum Gasteiger partial charge on any atom is -0.303 e. The fourth-order valence-electron chi connectivity index (χ4n) is 2.86. The predicted octanol–water partition coefficient (Wildman–Crippen LogP) is 0.539. The Balaban J connectivity index is 1.84. The molecule has 1 aliphatic rings. The molecule has 1 atom stereocenters. The Labute approximate surface area is 121 Å². The lowest BCUT2D eigenvalue weighted by atomic mass is 9.94. The first-order valence-corrected chi connectivity index (χ1v) is 8.78. The van der Waals surface area contributed by atoms with Gasteiger partial charge in [-0.1, -0.05) is 0 Å². The molecule has 0 radical (unpaired) electrons. The Morgan fingerprint density at radius 1 is 1.50 bits per heavy atom. The van der Waals surface area contributed by atoms with Crippen molar-refractivity contribution >= 4 is 10.0 Å². The van der Waals surface area contributed by atoms with Crippen LogP contribution >= 0.6 is 0 Å². The second kappa shape index (κ2) is 6.69. The van der Waals surface area contributed by atoms with Gasteiger partial charge in [0.1, 0.15) is 0 Å². The number of sulfonamides is 1. The molecular formula is C13H24N4O2S. The van der Waals surface area contributed by atoms with Crippen molar-refractivity contribution in [1.82, 2.24) is 19.4 Å². The second-order valence-corrected chi connectivity index (χ2v) is 7.44. The number of hydrogen-bond donors (Lipinski definition) is 1. The maximum atomic E-state index is 11.4. The largest absolute Gasteiger partial charge is 0.303 e. The minimum absolute atomic E-state index is 0.205. The molecule has 1 fully saturated rings. The van der Waals surface area contributed by atoms with Crippen LogP contribution in [0.5, 0.6) is 0 Å². The Morgan fingerprint density at radius 3 is 2.95 bits per heavy atom. The molecule has 6 nitrogen and oxygen atoms in total. The summed E-state index contributed by atoms with van der Waals surface area (Å²) < 4.78 is 27.1.